The first kappa shape index (κ1) is 14.7. The molecule has 3 N–H and O–H groups in total. The summed E-state index contributed by atoms with van der Waals surface area (Å²) in [5.41, 5.74) is 5.74. The van der Waals surface area contributed by atoms with Crippen molar-refractivity contribution in [2.75, 3.05) is 24.5 Å². The SMILES string of the molecule is NCC1CCCN(c2n[nH]c(C3CCC(F)(F)CC3)n2)C1. The molecule has 1 aliphatic heterocycles. The van der Waals surface area contributed by atoms with Gasteiger partial charge in [-0.3, -0.25) is 5.10 Å². The number of alkyl halides is 2. The molecule has 7 heteroatoms. The van der Waals surface area contributed by atoms with E-state index in [1.54, 1.807) is 0 Å². The van der Waals surface area contributed by atoms with Crippen LogP contribution in [0.2, 0.25) is 0 Å². The lowest BCUT2D eigenvalue weighted by Crippen LogP contribution is -2.39. The van der Waals surface area contributed by atoms with E-state index in [9.17, 15) is 8.78 Å². The fraction of sp³-hybridized carbons (Fsp3) is 0.857. The molecule has 1 aromatic heterocycles. The number of hydrogen-bond donors (Lipinski definition) is 2. The Labute approximate surface area is 123 Å². The summed E-state index contributed by atoms with van der Waals surface area (Å²) in [6, 6.07) is 0. The van der Waals surface area contributed by atoms with E-state index in [2.05, 4.69) is 20.1 Å². The Bertz CT molecular complexity index is 466. The molecule has 3 rings (SSSR count). The summed E-state index contributed by atoms with van der Waals surface area (Å²) in [6.07, 6.45) is 3.11. The van der Waals surface area contributed by atoms with Crippen LogP contribution < -0.4 is 10.6 Å². The normalized spacial score (nSPS) is 27.0. The average molecular weight is 299 g/mol. The zero-order chi connectivity index (χ0) is 14.9. The molecule has 2 aliphatic rings. The van der Waals surface area contributed by atoms with Gasteiger partial charge >= 0.3 is 0 Å². The number of nitrogens with two attached hydrogens (primary N) is 1. The minimum atomic E-state index is -2.50. The summed E-state index contributed by atoms with van der Waals surface area (Å²) in [6.45, 7) is 2.51. The Hall–Kier alpha value is -1.24. The van der Waals surface area contributed by atoms with Crippen LogP contribution in [-0.2, 0) is 0 Å². The Kier molecular flexibility index (Phi) is 4.10. The number of rotatable bonds is 3. The van der Waals surface area contributed by atoms with E-state index in [-0.39, 0.29) is 18.8 Å². The van der Waals surface area contributed by atoms with Crippen LogP contribution in [0.3, 0.4) is 0 Å². The van der Waals surface area contributed by atoms with Crippen LogP contribution in [0.4, 0.5) is 14.7 Å². The van der Waals surface area contributed by atoms with Gasteiger partial charge < -0.3 is 10.6 Å². The summed E-state index contributed by atoms with van der Waals surface area (Å²) in [5, 5.41) is 7.24. The molecule has 1 saturated carbocycles. The monoisotopic (exact) mass is 299 g/mol. The van der Waals surface area contributed by atoms with Gasteiger partial charge in [-0.25, -0.2) is 8.78 Å². The minimum Gasteiger partial charge on any atom is -0.339 e. The molecule has 118 valence electrons. The topological polar surface area (TPSA) is 70.8 Å². The highest BCUT2D eigenvalue weighted by molar-refractivity contribution is 5.30. The molecular formula is C14H23F2N5. The fourth-order valence-electron chi connectivity index (χ4n) is 3.34. The first-order valence-corrected chi connectivity index (χ1v) is 7.82. The summed E-state index contributed by atoms with van der Waals surface area (Å²) in [4.78, 5) is 6.70. The van der Waals surface area contributed by atoms with Crippen molar-refractivity contribution in [3.05, 3.63) is 5.82 Å². The molecule has 0 spiro atoms. The van der Waals surface area contributed by atoms with Crippen molar-refractivity contribution in [3.8, 4) is 0 Å². The predicted octanol–water partition coefficient (Wildman–Crippen LogP) is 2.27. The molecule has 5 nitrogen and oxygen atoms in total. The van der Waals surface area contributed by atoms with E-state index in [1.807, 2.05) is 0 Å². The third kappa shape index (κ3) is 3.33. The van der Waals surface area contributed by atoms with Crippen molar-refractivity contribution in [2.45, 2.75) is 50.4 Å². The number of piperidine rings is 1. The number of H-pyrrole nitrogens is 1. The predicted molar refractivity (Wildman–Crippen MR) is 76.5 cm³/mol. The van der Waals surface area contributed by atoms with Crippen molar-refractivity contribution in [1.29, 1.82) is 0 Å². The van der Waals surface area contributed by atoms with Gasteiger partial charge in [0.15, 0.2) is 0 Å². The van der Waals surface area contributed by atoms with Gasteiger partial charge in [0.2, 0.25) is 11.9 Å². The minimum absolute atomic E-state index is 0.0489. The Balaban J connectivity index is 1.64. The zero-order valence-electron chi connectivity index (χ0n) is 12.2. The standard InChI is InChI=1S/C14H23F2N5/c15-14(16)5-3-11(4-6-14)12-18-13(20-19-12)21-7-1-2-10(8-17)9-21/h10-11H,1-9,17H2,(H,18,19,20). The Morgan fingerprint density at radius 1 is 1.29 bits per heavy atom. The number of anilines is 1. The maximum absolute atomic E-state index is 13.2. The van der Waals surface area contributed by atoms with E-state index in [0.29, 0.717) is 31.3 Å². The number of hydrogen-bond acceptors (Lipinski definition) is 4. The summed E-state index contributed by atoms with van der Waals surface area (Å²) < 4.78 is 26.4. The van der Waals surface area contributed by atoms with Crippen LogP contribution >= 0.6 is 0 Å². The highest BCUT2D eigenvalue weighted by Gasteiger charge is 2.36. The van der Waals surface area contributed by atoms with Crippen molar-refractivity contribution in [3.63, 3.8) is 0 Å². The second-order valence-electron chi connectivity index (χ2n) is 6.34. The molecule has 1 aliphatic carbocycles. The second kappa shape index (κ2) is 5.87. The lowest BCUT2D eigenvalue weighted by Gasteiger charge is -2.31. The average Bonchev–Trinajstić information content (AvgIpc) is 2.97. The van der Waals surface area contributed by atoms with E-state index in [4.69, 9.17) is 5.73 Å². The first-order valence-electron chi connectivity index (χ1n) is 7.82. The third-order valence-electron chi connectivity index (χ3n) is 4.73. The van der Waals surface area contributed by atoms with Crippen molar-refractivity contribution in [2.24, 2.45) is 11.7 Å². The number of aromatic nitrogens is 3. The quantitative estimate of drug-likeness (QED) is 0.898. The molecule has 21 heavy (non-hydrogen) atoms. The van der Waals surface area contributed by atoms with E-state index in [1.165, 1.54) is 0 Å². The number of aromatic amines is 1. The molecule has 1 atom stereocenters. The number of nitrogens with one attached hydrogen (secondary N) is 1. The van der Waals surface area contributed by atoms with Crippen LogP contribution in [0.25, 0.3) is 0 Å². The Morgan fingerprint density at radius 2 is 2.05 bits per heavy atom. The smallest absolute Gasteiger partial charge is 0.248 e. The van der Waals surface area contributed by atoms with Gasteiger partial charge in [-0.1, -0.05) is 0 Å². The van der Waals surface area contributed by atoms with Crippen molar-refractivity contribution < 1.29 is 8.78 Å². The molecule has 2 fully saturated rings. The molecule has 1 saturated heterocycles. The first-order chi connectivity index (χ1) is 10.1. The molecule has 1 aromatic rings. The van der Waals surface area contributed by atoms with Crippen LogP contribution in [-0.4, -0.2) is 40.7 Å². The molecule has 0 bridgehead atoms. The van der Waals surface area contributed by atoms with Gasteiger partial charge in [0.05, 0.1) is 0 Å². The molecule has 0 radical (unpaired) electrons. The van der Waals surface area contributed by atoms with Gasteiger partial charge in [-0.05, 0) is 38.1 Å². The summed E-state index contributed by atoms with van der Waals surface area (Å²) in [5.74, 6) is -0.466. The van der Waals surface area contributed by atoms with Crippen LogP contribution in [0, 0.1) is 5.92 Å². The third-order valence-corrected chi connectivity index (χ3v) is 4.73. The van der Waals surface area contributed by atoms with Crippen LogP contribution in [0.1, 0.15) is 50.3 Å². The summed E-state index contributed by atoms with van der Waals surface area (Å²) >= 11 is 0. The Morgan fingerprint density at radius 3 is 2.76 bits per heavy atom. The van der Waals surface area contributed by atoms with Gasteiger partial charge in [0, 0.05) is 31.8 Å². The number of halogens is 2. The van der Waals surface area contributed by atoms with Gasteiger partial charge in [-0.2, -0.15) is 4.98 Å². The lowest BCUT2D eigenvalue weighted by atomic mass is 9.86. The van der Waals surface area contributed by atoms with Gasteiger partial charge in [-0.15, -0.1) is 5.10 Å². The maximum Gasteiger partial charge on any atom is 0.248 e. The number of nitrogens with zero attached hydrogens (tertiary/aromatic N) is 3. The van der Waals surface area contributed by atoms with Crippen LogP contribution in [0.15, 0.2) is 0 Å². The van der Waals surface area contributed by atoms with Crippen molar-refractivity contribution >= 4 is 5.95 Å². The molecule has 2 heterocycles. The maximum atomic E-state index is 13.2. The molecule has 1 unspecified atom stereocenters. The zero-order valence-corrected chi connectivity index (χ0v) is 12.2. The van der Waals surface area contributed by atoms with E-state index >= 15 is 0 Å². The highest BCUT2D eigenvalue weighted by Crippen LogP contribution is 2.40. The van der Waals surface area contributed by atoms with Crippen LogP contribution in [0.5, 0.6) is 0 Å². The largest absolute Gasteiger partial charge is 0.339 e. The lowest BCUT2D eigenvalue weighted by molar-refractivity contribution is -0.0387. The summed E-state index contributed by atoms with van der Waals surface area (Å²) in [7, 11) is 0. The molecule has 0 amide bonds. The van der Waals surface area contributed by atoms with E-state index in [0.717, 1.165) is 31.8 Å². The van der Waals surface area contributed by atoms with Gasteiger partial charge in [0.1, 0.15) is 5.82 Å². The second-order valence-corrected chi connectivity index (χ2v) is 6.34. The van der Waals surface area contributed by atoms with E-state index < -0.39 is 5.92 Å². The van der Waals surface area contributed by atoms with Crippen molar-refractivity contribution in [1.82, 2.24) is 15.2 Å². The fourth-order valence-corrected chi connectivity index (χ4v) is 3.34. The highest BCUT2D eigenvalue weighted by atomic mass is 19.3. The van der Waals surface area contributed by atoms with Gasteiger partial charge in [0.25, 0.3) is 0 Å². The molecule has 0 aromatic carbocycles. The molecular weight excluding hydrogens is 276 g/mol.